The largest absolute Gasteiger partial charge is 0.493 e. The number of ether oxygens (including phenoxy) is 1. The Morgan fingerprint density at radius 3 is 2.61 bits per heavy atom. The van der Waals surface area contributed by atoms with E-state index in [-0.39, 0.29) is 18.5 Å². The summed E-state index contributed by atoms with van der Waals surface area (Å²) >= 11 is 0. The van der Waals surface area contributed by atoms with Crippen LogP contribution in [0.1, 0.15) is 17.5 Å². The van der Waals surface area contributed by atoms with Crippen LogP contribution in [0.2, 0.25) is 0 Å². The summed E-state index contributed by atoms with van der Waals surface area (Å²) in [6.07, 6.45) is 0.444. The molecule has 0 aliphatic carbocycles. The number of hydrogen-bond acceptors (Lipinski definition) is 3. The average Bonchev–Trinajstić information content (AvgIpc) is 2.81. The van der Waals surface area contributed by atoms with E-state index in [1.165, 1.54) is 4.90 Å². The zero-order valence-corrected chi connectivity index (χ0v) is 12.5. The van der Waals surface area contributed by atoms with Crippen LogP contribution in [-0.4, -0.2) is 23.4 Å². The first-order valence-electron chi connectivity index (χ1n) is 7.61. The lowest BCUT2D eigenvalue weighted by molar-refractivity contribution is -0.133. The number of benzene rings is 2. The normalized spacial score (nSPS) is 22.7. The summed E-state index contributed by atoms with van der Waals surface area (Å²) in [6, 6.07) is 16.6. The van der Waals surface area contributed by atoms with Gasteiger partial charge in [-0.2, -0.15) is 0 Å². The molecule has 1 atom stereocenters. The second kappa shape index (κ2) is 5.12. The number of hydrogen-bond donors (Lipinski definition) is 1. The number of para-hydroxylation sites is 1. The molecule has 3 amide bonds. The van der Waals surface area contributed by atoms with Gasteiger partial charge in [0.1, 0.15) is 5.75 Å². The molecule has 1 saturated heterocycles. The fourth-order valence-corrected chi connectivity index (χ4v) is 3.28. The van der Waals surface area contributed by atoms with Gasteiger partial charge >= 0.3 is 6.03 Å². The highest BCUT2D eigenvalue weighted by Gasteiger charge is 2.54. The molecule has 5 nitrogen and oxygen atoms in total. The van der Waals surface area contributed by atoms with E-state index in [1.807, 2.05) is 54.6 Å². The van der Waals surface area contributed by atoms with Gasteiger partial charge in [-0.1, -0.05) is 48.5 Å². The molecule has 23 heavy (non-hydrogen) atoms. The Kier molecular flexibility index (Phi) is 3.08. The van der Waals surface area contributed by atoms with Crippen LogP contribution in [0.25, 0.3) is 0 Å². The van der Waals surface area contributed by atoms with Crippen molar-refractivity contribution in [1.29, 1.82) is 0 Å². The summed E-state index contributed by atoms with van der Waals surface area (Å²) in [5.41, 5.74) is 0.661. The first kappa shape index (κ1) is 13.8. The summed E-state index contributed by atoms with van der Waals surface area (Å²) in [4.78, 5) is 26.8. The van der Waals surface area contributed by atoms with Gasteiger partial charge in [0.25, 0.3) is 5.91 Å². The molecular weight excluding hydrogens is 292 g/mol. The Hall–Kier alpha value is -2.82. The molecule has 2 heterocycles. The van der Waals surface area contributed by atoms with Gasteiger partial charge in [0, 0.05) is 12.0 Å². The average molecular weight is 308 g/mol. The van der Waals surface area contributed by atoms with Crippen LogP contribution in [0.5, 0.6) is 5.75 Å². The van der Waals surface area contributed by atoms with Gasteiger partial charge in [-0.15, -0.1) is 0 Å². The van der Waals surface area contributed by atoms with Gasteiger partial charge in [-0.05, 0) is 11.6 Å². The van der Waals surface area contributed by atoms with E-state index in [1.54, 1.807) is 0 Å². The molecule has 1 N–H and O–H groups in total. The highest BCUT2D eigenvalue weighted by atomic mass is 16.5. The Morgan fingerprint density at radius 2 is 1.78 bits per heavy atom. The maximum absolute atomic E-state index is 13.0. The molecule has 116 valence electrons. The molecule has 2 aromatic rings. The SMILES string of the molecule is O=C1NC2(CCOc3ccccc32)C(=O)N1Cc1ccccc1. The first-order chi connectivity index (χ1) is 11.2. The molecule has 2 aliphatic heterocycles. The molecule has 1 fully saturated rings. The summed E-state index contributed by atoms with van der Waals surface area (Å²) in [7, 11) is 0. The van der Waals surface area contributed by atoms with E-state index in [4.69, 9.17) is 4.74 Å². The van der Waals surface area contributed by atoms with Gasteiger partial charge in [-0.25, -0.2) is 4.79 Å². The summed E-state index contributed by atoms with van der Waals surface area (Å²) < 4.78 is 5.63. The molecule has 0 saturated carbocycles. The number of imide groups is 1. The monoisotopic (exact) mass is 308 g/mol. The van der Waals surface area contributed by atoms with Crippen LogP contribution in [-0.2, 0) is 16.9 Å². The van der Waals surface area contributed by atoms with E-state index in [0.717, 1.165) is 11.1 Å². The molecule has 2 aliphatic rings. The number of urea groups is 1. The maximum Gasteiger partial charge on any atom is 0.325 e. The fraction of sp³-hybridized carbons (Fsp3) is 0.222. The first-order valence-corrected chi connectivity index (χ1v) is 7.61. The highest BCUT2D eigenvalue weighted by Crippen LogP contribution is 2.41. The van der Waals surface area contributed by atoms with Crippen molar-refractivity contribution in [3.63, 3.8) is 0 Å². The number of fused-ring (bicyclic) bond motifs is 2. The van der Waals surface area contributed by atoms with Crippen LogP contribution < -0.4 is 10.1 Å². The van der Waals surface area contributed by atoms with Crippen LogP contribution in [0.4, 0.5) is 4.79 Å². The van der Waals surface area contributed by atoms with Crippen molar-refractivity contribution in [3.8, 4) is 5.75 Å². The standard InChI is InChI=1S/C18H16N2O3/c21-16-18(10-11-23-15-9-5-4-8-14(15)18)19-17(22)20(16)12-13-6-2-1-3-7-13/h1-9H,10-12H2,(H,19,22). The van der Waals surface area contributed by atoms with Gasteiger partial charge in [0.05, 0.1) is 13.2 Å². The van der Waals surface area contributed by atoms with E-state index in [0.29, 0.717) is 18.8 Å². The second-order valence-electron chi connectivity index (χ2n) is 5.81. The Labute approximate surface area is 133 Å². The topological polar surface area (TPSA) is 58.6 Å². The Balaban J connectivity index is 1.71. The zero-order chi connectivity index (χ0) is 15.9. The lowest BCUT2D eigenvalue weighted by Gasteiger charge is -2.33. The predicted molar refractivity (Wildman–Crippen MR) is 83.8 cm³/mol. The number of carbonyl (C=O) groups excluding carboxylic acids is 2. The molecule has 0 radical (unpaired) electrons. The van der Waals surface area contributed by atoms with E-state index in [2.05, 4.69) is 5.32 Å². The minimum Gasteiger partial charge on any atom is -0.493 e. The molecule has 0 aromatic heterocycles. The van der Waals surface area contributed by atoms with Crippen LogP contribution in [0.3, 0.4) is 0 Å². The third-order valence-corrected chi connectivity index (χ3v) is 4.44. The van der Waals surface area contributed by atoms with E-state index in [9.17, 15) is 9.59 Å². The molecule has 5 heteroatoms. The van der Waals surface area contributed by atoms with Crippen molar-refractivity contribution < 1.29 is 14.3 Å². The maximum atomic E-state index is 13.0. The smallest absolute Gasteiger partial charge is 0.325 e. The minimum atomic E-state index is -0.999. The number of rotatable bonds is 2. The number of carbonyl (C=O) groups is 2. The minimum absolute atomic E-state index is 0.206. The van der Waals surface area contributed by atoms with Crippen LogP contribution in [0, 0.1) is 0 Å². The van der Waals surface area contributed by atoms with Crippen molar-refractivity contribution in [2.45, 2.75) is 18.5 Å². The molecule has 1 spiro atoms. The number of nitrogens with zero attached hydrogens (tertiary/aromatic N) is 1. The third-order valence-electron chi connectivity index (χ3n) is 4.44. The predicted octanol–water partition coefficient (Wildman–Crippen LogP) is 2.42. The second-order valence-corrected chi connectivity index (χ2v) is 5.81. The van der Waals surface area contributed by atoms with Crippen molar-refractivity contribution in [2.24, 2.45) is 0 Å². The third kappa shape index (κ3) is 2.08. The van der Waals surface area contributed by atoms with E-state index < -0.39 is 5.54 Å². The Morgan fingerprint density at radius 1 is 1.04 bits per heavy atom. The Bertz CT molecular complexity index is 775. The molecule has 1 unspecified atom stereocenters. The van der Waals surface area contributed by atoms with Crippen LogP contribution >= 0.6 is 0 Å². The van der Waals surface area contributed by atoms with Crippen LogP contribution in [0.15, 0.2) is 54.6 Å². The van der Waals surface area contributed by atoms with Gasteiger partial charge in [0.15, 0.2) is 5.54 Å². The zero-order valence-electron chi connectivity index (χ0n) is 12.5. The summed E-state index contributed by atoms with van der Waals surface area (Å²) in [5, 5.41) is 2.90. The highest BCUT2D eigenvalue weighted by molar-refractivity contribution is 6.07. The van der Waals surface area contributed by atoms with Crippen molar-refractivity contribution in [2.75, 3.05) is 6.61 Å². The molecule has 4 rings (SSSR count). The molecule has 0 bridgehead atoms. The summed E-state index contributed by atoms with van der Waals surface area (Å²) in [6.45, 7) is 0.679. The van der Waals surface area contributed by atoms with Gasteiger partial charge in [0.2, 0.25) is 0 Å². The van der Waals surface area contributed by atoms with Crippen molar-refractivity contribution in [3.05, 3.63) is 65.7 Å². The fourth-order valence-electron chi connectivity index (χ4n) is 3.28. The molecule has 2 aromatic carbocycles. The van der Waals surface area contributed by atoms with Gasteiger partial charge in [-0.3, -0.25) is 9.69 Å². The van der Waals surface area contributed by atoms with Crippen molar-refractivity contribution in [1.82, 2.24) is 10.2 Å². The van der Waals surface area contributed by atoms with Crippen molar-refractivity contribution >= 4 is 11.9 Å². The summed E-state index contributed by atoms with van der Waals surface area (Å²) in [5.74, 6) is 0.455. The van der Waals surface area contributed by atoms with E-state index >= 15 is 0 Å². The number of nitrogens with one attached hydrogen (secondary N) is 1. The molecular formula is C18H16N2O3. The lowest BCUT2D eigenvalue weighted by atomic mass is 9.84. The van der Waals surface area contributed by atoms with Gasteiger partial charge < -0.3 is 10.1 Å². The lowest BCUT2D eigenvalue weighted by Crippen LogP contribution is -2.47. The quantitative estimate of drug-likeness (QED) is 0.867. The number of amides is 3.